The van der Waals surface area contributed by atoms with Gasteiger partial charge in [0.05, 0.1) is 0 Å². The van der Waals surface area contributed by atoms with Gasteiger partial charge in [-0.05, 0) is 6.42 Å². The Balaban J connectivity index is 0. The van der Waals surface area contributed by atoms with Gasteiger partial charge in [0.15, 0.2) is 6.10 Å². The smallest absolute Gasteiger partial charge is 0.332 e. The quantitative estimate of drug-likeness (QED) is 0.492. The lowest BCUT2D eigenvalue weighted by atomic mass is 10.2. The number of rotatable bonds is 5. The first-order valence-corrected chi connectivity index (χ1v) is 4.19. The molecule has 0 heterocycles. The maximum absolute atomic E-state index is 9.96. The summed E-state index contributed by atoms with van der Waals surface area (Å²) in [5.41, 5.74) is 0. The Morgan fingerprint density at radius 3 is 1.93 bits per heavy atom. The van der Waals surface area contributed by atoms with Gasteiger partial charge in [0.2, 0.25) is 0 Å². The number of carbonyl (C=O) groups is 2. The molecular formula is C8H16O6. The molecule has 4 N–H and O–H groups in total. The van der Waals surface area contributed by atoms with Crippen molar-refractivity contribution in [3.63, 3.8) is 0 Å². The van der Waals surface area contributed by atoms with Gasteiger partial charge in [0.1, 0.15) is 6.61 Å². The summed E-state index contributed by atoms with van der Waals surface area (Å²) in [5, 5.41) is 31.8. The number of hydrogen-bond acceptors (Lipinski definition) is 4. The minimum atomic E-state index is -1.19. The lowest BCUT2D eigenvalue weighted by molar-refractivity contribution is -0.147. The van der Waals surface area contributed by atoms with E-state index in [1.54, 1.807) is 0 Å². The first-order valence-electron chi connectivity index (χ1n) is 4.19. The summed E-state index contributed by atoms with van der Waals surface area (Å²) in [6.45, 7) is 1.18. The minimum absolute atomic E-state index is 0.367. The summed E-state index contributed by atoms with van der Waals surface area (Å²) in [7, 11) is 0. The zero-order chi connectivity index (χ0) is 11.6. The summed E-state index contributed by atoms with van der Waals surface area (Å²) in [6, 6.07) is 0. The number of aliphatic hydroxyl groups excluding tert-OH is 2. The average Bonchev–Trinajstić information content (AvgIpc) is 2.14. The molecule has 0 saturated carbocycles. The topological polar surface area (TPSA) is 115 Å². The van der Waals surface area contributed by atoms with E-state index in [1.807, 2.05) is 6.92 Å². The fraction of sp³-hybridized carbons (Fsp3) is 0.750. The molecule has 0 aliphatic rings. The van der Waals surface area contributed by atoms with Crippen molar-refractivity contribution in [2.24, 2.45) is 0 Å². The van der Waals surface area contributed by atoms with Crippen LogP contribution in [-0.2, 0) is 9.59 Å². The maximum Gasteiger partial charge on any atom is 0.332 e. The standard InChI is InChI=1S/C6H12O3.C2H4O3/c1-2-3-4-5(7)6(8)9;3-1-2(4)5/h5,7H,2-4H2,1H3,(H,8,9);3H,1H2,(H,4,5). The van der Waals surface area contributed by atoms with Gasteiger partial charge in [-0.15, -0.1) is 0 Å². The highest BCUT2D eigenvalue weighted by Gasteiger charge is 2.10. The second-order valence-corrected chi connectivity index (χ2v) is 2.55. The number of aliphatic carboxylic acids is 2. The van der Waals surface area contributed by atoms with Crippen molar-refractivity contribution in [2.45, 2.75) is 32.3 Å². The molecular weight excluding hydrogens is 192 g/mol. The molecule has 0 aromatic carbocycles. The summed E-state index contributed by atoms with van der Waals surface area (Å²) in [5.74, 6) is -2.31. The number of carboxylic acid groups (broad SMARTS) is 2. The molecule has 0 saturated heterocycles. The highest BCUT2D eigenvalue weighted by Crippen LogP contribution is 1.99. The van der Waals surface area contributed by atoms with Crippen LogP contribution in [0, 0.1) is 0 Å². The van der Waals surface area contributed by atoms with Gasteiger partial charge in [0.25, 0.3) is 0 Å². The number of unbranched alkanes of at least 4 members (excludes halogenated alkanes) is 1. The van der Waals surface area contributed by atoms with Gasteiger partial charge in [-0.25, -0.2) is 9.59 Å². The predicted octanol–water partition coefficient (Wildman–Crippen LogP) is -0.315. The van der Waals surface area contributed by atoms with E-state index in [4.69, 9.17) is 25.2 Å². The summed E-state index contributed by atoms with van der Waals surface area (Å²) < 4.78 is 0. The molecule has 0 spiro atoms. The third-order valence-corrected chi connectivity index (χ3v) is 1.25. The fourth-order valence-corrected chi connectivity index (χ4v) is 0.521. The summed E-state index contributed by atoms with van der Waals surface area (Å²) >= 11 is 0. The van der Waals surface area contributed by atoms with E-state index < -0.39 is 24.6 Å². The molecule has 84 valence electrons. The van der Waals surface area contributed by atoms with Crippen LogP contribution in [0.3, 0.4) is 0 Å². The van der Waals surface area contributed by atoms with Crippen LogP contribution in [0.25, 0.3) is 0 Å². The molecule has 1 unspecified atom stereocenters. The van der Waals surface area contributed by atoms with E-state index in [0.29, 0.717) is 6.42 Å². The van der Waals surface area contributed by atoms with Gasteiger partial charge in [-0.3, -0.25) is 0 Å². The Hall–Kier alpha value is -1.14. The second-order valence-electron chi connectivity index (χ2n) is 2.55. The van der Waals surface area contributed by atoms with Crippen LogP contribution in [0.1, 0.15) is 26.2 Å². The highest BCUT2D eigenvalue weighted by atomic mass is 16.4. The Bertz CT molecular complexity index is 167. The lowest BCUT2D eigenvalue weighted by Gasteiger charge is -2.01. The monoisotopic (exact) mass is 208 g/mol. The van der Waals surface area contributed by atoms with E-state index in [0.717, 1.165) is 12.8 Å². The highest BCUT2D eigenvalue weighted by molar-refractivity contribution is 5.71. The predicted molar refractivity (Wildman–Crippen MR) is 47.9 cm³/mol. The molecule has 0 fully saturated rings. The van der Waals surface area contributed by atoms with E-state index >= 15 is 0 Å². The molecule has 6 nitrogen and oxygen atoms in total. The van der Waals surface area contributed by atoms with Crippen LogP contribution < -0.4 is 0 Å². The number of hydrogen-bond donors (Lipinski definition) is 4. The van der Waals surface area contributed by atoms with Crippen LogP contribution >= 0.6 is 0 Å². The van der Waals surface area contributed by atoms with Crippen molar-refractivity contribution in [3.8, 4) is 0 Å². The first-order chi connectivity index (χ1) is 6.45. The lowest BCUT2D eigenvalue weighted by Crippen LogP contribution is -2.18. The SMILES string of the molecule is CCCCC(O)C(=O)O.O=C(O)CO. The molecule has 0 radical (unpaired) electrons. The molecule has 0 aliphatic carbocycles. The van der Waals surface area contributed by atoms with Crippen LogP contribution in [0.15, 0.2) is 0 Å². The number of carboxylic acids is 2. The third-order valence-electron chi connectivity index (χ3n) is 1.25. The molecule has 0 bridgehead atoms. The Kier molecular flexibility index (Phi) is 10.9. The molecule has 0 aromatic heterocycles. The first kappa shape index (κ1) is 15.3. The van der Waals surface area contributed by atoms with E-state index in [1.165, 1.54) is 0 Å². The molecule has 0 rings (SSSR count). The Morgan fingerprint density at radius 1 is 1.29 bits per heavy atom. The third kappa shape index (κ3) is 13.4. The molecule has 0 amide bonds. The molecule has 0 aromatic rings. The minimum Gasteiger partial charge on any atom is -0.480 e. The largest absolute Gasteiger partial charge is 0.480 e. The maximum atomic E-state index is 9.96. The fourth-order valence-electron chi connectivity index (χ4n) is 0.521. The molecule has 6 heteroatoms. The Morgan fingerprint density at radius 2 is 1.71 bits per heavy atom. The average molecular weight is 208 g/mol. The number of aliphatic hydroxyl groups is 2. The van der Waals surface area contributed by atoms with Crippen LogP contribution in [0.2, 0.25) is 0 Å². The summed E-state index contributed by atoms with van der Waals surface area (Å²) in [4.78, 5) is 19.1. The zero-order valence-electron chi connectivity index (χ0n) is 8.01. The summed E-state index contributed by atoms with van der Waals surface area (Å²) in [6.07, 6.45) is 0.897. The van der Waals surface area contributed by atoms with Gasteiger partial charge >= 0.3 is 11.9 Å². The molecule has 0 aliphatic heterocycles. The van der Waals surface area contributed by atoms with Crippen LogP contribution in [0.5, 0.6) is 0 Å². The van der Waals surface area contributed by atoms with Crippen molar-refractivity contribution in [1.82, 2.24) is 0 Å². The zero-order valence-corrected chi connectivity index (χ0v) is 8.01. The van der Waals surface area contributed by atoms with Crippen LogP contribution in [-0.4, -0.2) is 45.1 Å². The van der Waals surface area contributed by atoms with Crippen molar-refractivity contribution in [2.75, 3.05) is 6.61 Å². The van der Waals surface area contributed by atoms with Crippen molar-refractivity contribution >= 4 is 11.9 Å². The van der Waals surface area contributed by atoms with E-state index in [9.17, 15) is 4.79 Å². The van der Waals surface area contributed by atoms with Gasteiger partial charge in [0, 0.05) is 0 Å². The van der Waals surface area contributed by atoms with Gasteiger partial charge in [-0.2, -0.15) is 0 Å². The van der Waals surface area contributed by atoms with Crippen molar-refractivity contribution in [3.05, 3.63) is 0 Å². The van der Waals surface area contributed by atoms with Crippen molar-refractivity contribution < 1.29 is 30.0 Å². The van der Waals surface area contributed by atoms with Crippen molar-refractivity contribution in [1.29, 1.82) is 0 Å². The molecule has 14 heavy (non-hydrogen) atoms. The second kappa shape index (κ2) is 9.94. The van der Waals surface area contributed by atoms with Gasteiger partial charge < -0.3 is 20.4 Å². The van der Waals surface area contributed by atoms with E-state index in [-0.39, 0.29) is 0 Å². The van der Waals surface area contributed by atoms with Gasteiger partial charge in [-0.1, -0.05) is 19.8 Å². The molecule has 1 atom stereocenters. The van der Waals surface area contributed by atoms with Crippen LogP contribution in [0.4, 0.5) is 0 Å². The Labute approximate surface area is 81.8 Å². The van der Waals surface area contributed by atoms with E-state index in [2.05, 4.69) is 0 Å². The normalized spacial score (nSPS) is 11.1.